The van der Waals surface area contributed by atoms with Crippen LogP contribution in [0.5, 0.6) is 5.75 Å². The van der Waals surface area contributed by atoms with Crippen LogP contribution in [0.1, 0.15) is 30.9 Å². The Balaban J connectivity index is 1.41. The van der Waals surface area contributed by atoms with Crippen LogP contribution >= 0.6 is 11.8 Å². The predicted octanol–water partition coefficient (Wildman–Crippen LogP) is 3.81. The molecule has 2 heterocycles. The maximum Gasteiger partial charge on any atom is 0.262 e. The molecule has 1 aromatic heterocycles. The molecule has 154 valence electrons. The van der Waals surface area contributed by atoms with Crippen LogP contribution in [-0.2, 0) is 11.2 Å². The number of carbonyl (C=O) groups is 1. The van der Waals surface area contributed by atoms with Crippen molar-refractivity contribution in [1.82, 2.24) is 9.55 Å². The minimum absolute atomic E-state index is 0.00605. The number of fused-ring (bicyclic) bond motifs is 2. The van der Waals surface area contributed by atoms with E-state index in [1.54, 1.807) is 11.7 Å². The van der Waals surface area contributed by atoms with E-state index in [1.807, 2.05) is 47.4 Å². The molecule has 2 aromatic carbocycles. The molecule has 0 saturated heterocycles. The first-order chi connectivity index (χ1) is 14.7. The summed E-state index contributed by atoms with van der Waals surface area (Å²) in [5.74, 6) is 1.10. The number of aromatic nitrogens is 2. The Kier molecular flexibility index (Phi) is 4.98. The fraction of sp³-hybridized carbons (Fsp3) is 0.348. The molecule has 1 aliphatic carbocycles. The average Bonchev–Trinajstić information content (AvgIpc) is 3.61. The zero-order chi connectivity index (χ0) is 20.7. The molecule has 6 nitrogen and oxygen atoms in total. The molecule has 0 N–H and O–H groups in total. The molecular formula is C23H23N3O3S. The molecule has 1 fully saturated rings. The summed E-state index contributed by atoms with van der Waals surface area (Å²) >= 11 is 1.36. The fourth-order valence-electron chi connectivity index (χ4n) is 4.05. The Hall–Kier alpha value is -2.80. The lowest BCUT2D eigenvalue weighted by atomic mass is 10.0. The fourth-order valence-corrected chi connectivity index (χ4v) is 4.99. The molecule has 7 heteroatoms. The summed E-state index contributed by atoms with van der Waals surface area (Å²) in [6.07, 6.45) is 3.85. The Morgan fingerprint density at radius 3 is 2.87 bits per heavy atom. The van der Waals surface area contributed by atoms with Crippen molar-refractivity contribution in [3.63, 3.8) is 0 Å². The van der Waals surface area contributed by atoms with Gasteiger partial charge in [-0.1, -0.05) is 23.9 Å². The number of anilines is 1. The minimum Gasteiger partial charge on any atom is -0.497 e. The number of para-hydroxylation sites is 1. The molecule has 1 saturated carbocycles. The number of benzene rings is 2. The molecule has 0 bridgehead atoms. The zero-order valence-electron chi connectivity index (χ0n) is 16.8. The van der Waals surface area contributed by atoms with Gasteiger partial charge in [0.2, 0.25) is 5.91 Å². The van der Waals surface area contributed by atoms with E-state index in [0.717, 1.165) is 42.7 Å². The summed E-state index contributed by atoms with van der Waals surface area (Å²) in [5, 5.41) is 1.28. The second-order valence-electron chi connectivity index (χ2n) is 7.75. The van der Waals surface area contributed by atoms with Gasteiger partial charge in [0.15, 0.2) is 5.16 Å². The number of rotatable bonds is 5. The van der Waals surface area contributed by atoms with Crippen LogP contribution in [0.2, 0.25) is 0 Å². The summed E-state index contributed by atoms with van der Waals surface area (Å²) in [5.41, 5.74) is 2.77. The van der Waals surface area contributed by atoms with Gasteiger partial charge in [-0.15, -0.1) is 0 Å². The van der Waals surface area contributed by atoms with Gasteiger partial charge in [-0.2, -0.15) is 0 Å². The molecule has 0 atom stereocenters. The molecule has 1 aliphatic heterocycles. The smallest absolute Gasteiger partial charge is 0.262 e. The van der Waals surface area contributed by atoms with Crippen molar-refractivity contribution in [3.8, 4) is 5.75 Å². The summed E-state index contributed by atoms with van der Waals surface area (Å²) in [6, 6.07) is 13.5. The monoisotopic (exact) mass is 421 g/mol. The Labute approximate surface area is 178 Å². The Morgan fingerprint density at radius 2 is 2.07 bits per heavy atom. The summed E-state index contributed by atoms with van der Waals surface area (Å²) in [7, 11) is 1.65. The largest absolute Gasteiger partial charge is 0.497 e. The molecule has 0 spiro atoms. The van der Waals surface area contributed by atoms with Gasteiger partial charge in [-0.05, 0) is 61.6 Å². The SMILES string of the molecule is COc1ccc2c(c1)CCCN2C(=O)CSc1nc2ccccc2c(=O)n1C1CC1. The molecule has 3 aromatic rings. The number of hydrogen-bond acceptors (Lipinski definition) is 5. The third-order valence-corrected chi connectivity index (χ3v) is 6.66. The molecule has 30 heavy (non-hydrogen) atoms. The number of nitrogens with zero attached hydrogens (tertiary/aromatic N) is 3. The number of hydrogen-bond donors (Lipinski definition) is 0. The number of methoxy groups -OCH3 is 1. The van der Waals surface area contributed by atoms with Crippen molar-refractivity contribution in [1.29, 1.82) is 0 Å². The maximum atomic E-state index is 13.1. The van der Waals surface area contributed by atoms with Crippen LogP contribution in [0.25, 0.3) is 10.9 Å². The van der Waals surface area contributed by atoms with Gasteiger partial charge in [0.25, 0.3) is 5.56 Å². The van der Waals surface area contributed by atoms with E-state index in [1.165, 1.54) is 11.8 Å². The highest BCUT2D eigenvalue weighted by molar-refractivity contribution is 7.99. The summed E-state index contributed by atoms with van der Waals surface area (Å²) in [4.78, 5) is 32.7. The van der Waals surface area contributed by atoms with Crippen molar-refractivity contribution in [3.05, 3.63) is 58.4 Å². The third kappa shape index (κ3) is 3.47. The molecule has 0 radical (unpaired) electrons. The van der Waals surface area contributed by atoms with Gasteiger partial charge in [-0.25, -0.2) is 4.98 Å². The van der Waals surface area contributed by atoms with E-state index < -0.39 is 0 Å². The highest BCUT2D eigenvalue weighted by Gasteiger charge is 2.29. The number of aryl methyl sites for hydroxylation is 1. The summed E-state index contributed by atoms with van der Waals surface area (Å²) < 4.78 is 7.11. The van der Waals surface area contributed by atoms with Crippen molar-refractivity contribution in [2.75, 3.05) is 24.3 Å². The second-order valence-corrected chi connectivity index (χ2v) is 8.69. The normalized spacial score (nSPS) is 15.8. The second kappa shape index (κ2) is 7.80. The lowest BCUT2D eigenvalue weighted by molar-refractivity contribution is -0.116. The van der Waals surface area contributed by atoms with Crippen LogP contribution in [0.4, 0.5) is 5.69 Å². The Bertz CT molecular complexity index is 1190. The van der Waals surface area contributed by atoms with Crippen molar-refractivity contribution in [2.45, 2.75) is 36.9 Å². The van der Waals surface area contributed by atoms with Crippen molar-refractivity contribution < 1.29 is 9.53 Å². The van der Waals surface area contributed by atoms with Gasteiger partial charge >= 0.3 is 0 Å². The van der Waals surface area contributed by atoms with Crippen molar-refractivity contribution in [2.24, 2.45) is 0 Å². The molecule has 0 unspecified atom stereocenters. The lowest BCUT2D eigenvalue weighted by Gasteiger charge is -2.29. The highest BCUT2D eigenvalue weighted by Crippen LogP contribution is 2.37. The van der Waals surface area contributed by atoms with E-state index in [-0.39, 0.29) is 23.3 Å². The van der Waals surface area contributed by atoms with Crippen LogP contribution < -0.4 is 15.2 Å². The third-order valence-electron chi connectivity index (χ3n) is 5.72. The first-order valence-corrected chi connectivity index (χ1v) is 11.3. The Morgan fingerprint density at radius 1 is 1.23 bits per heavy atom. The maximum absolute atomic E-state index is 13.1. The van der Waals surface area contributed by atoms with Crippen LogP contribution in [-0.4, -0.2) is 34.9 Å². The quantitative estimate of drug-likeness (QED) is 0.463. The number of ether oxygens (including phenoxy) is 1. The molecule has 5 rings (SSSR count). The predicted molar refractivity (Wildman–Crippen MR) is 119 cm³/mol. The van der Waals surface area contributed by atoms with E-state index >= 15 is 0 Å². The number of carbonyl (C=O) groups excluding carboxylic acids is 1. The topological polar surface area (TPSA) is 64.4 Å². The van der Waals surface area contributed by atoms with Crippen molar-refractivity contribution >= 4 is 34.3 Å². The standard InChI is InChI=1S/C23H23N3O3S/c1-29-17-10-11-20-15(13-17)5-4-12-25(20)21(27)14-30-23-24-19-7-3-2-6-18(19)22(28)26(23)16-8-9-16/h2-3,6-7,10-11,13,16H,4-5,8-9,12,14H2,1H3. The zero-order valence-corrected chi connectivity index (χ0v) is 17.7. The van der Waals surface area contributed by atoms with Gasteiger partial charge < -0.3 is 9.64 Å². The van der Waals surface area contributed by atoms with Gasteiger partial charge in [0.05, 0.1) is 23.8 Å². The molecule has 1 amide bonds. The number of thioether (sulfide) groups is 1. The molecular weight excluding hydrogens is 398 g/mol. The van der Waals surface area contributed by atoms with Gasteiger partial charge in [-0.3, -0.25) is 14.2 Å². The van der Waals surface area contributed by atoms with E-state index in [4.69, 9.17) is 9.72 Å². The average molecular weight is 422 g/mol. The van der Waals surface area contributed by atoms with Gasteiger partial charge in [0, 0.05) is 18.3 Å². The van der Waals surface area contributed by atoms with Crippen LogP contribution in [0.3, 0.4) is 0 Å². The van der Waals surface area contributed by atoms with E-state index in [0.29, 0.717) is 22.6 Å². The highest BCUT2D eigenvalue weighted by atomic mass is 32.2. The van der Waals surface area contributed by atoms with Crippen LogP contribution in [0, 0.1) is 0 Å². The van der Waals surface area contributed by atoms with E-state index in [9.17, 15) is 9.59 Å². The van der Waals surface area contributed by atoms with Gasteiger partial charge in [0.1, 0.15) is 5.75 Å². The lowest BCUT2D eigenvalue weighted by Crippen LogP contribution is -2.36. The first kappa shape index (κ1) is 19.2. The minimum atomic E-state index is -0.00605. The number of amides is 1. The van der Waals surface area contributed by atoms with Crippen LogP contribution in [0.15, 0.2) is 52.4 Å². The molecule has 2 aliphatic rings. The first-order valence-electron chi connectivity index (χ1n) is 10.3. The summed E-state index contributed by atoms with van der Waals surface area (Å²) in [6.45, 7) is 0.708. The van der Waals surface area contributed by atoms with E-state index in [2.05, 4.69) is 0 Å².